The fourth-order valence-electron chi connectivity index (χ4n) is 2.37. The molecule has 2 rings (SSSR count). The van der Waals surface area contributed by atoms with Crippen LogP contribution in [0.25, 0.3) is 0 Å². The minimum atomic E-state index is -0.378. The van der Waals surface area contributed by atoms with Gasteiger partial charge in [0.05, 0.1) is 5.60 Å². The maximum Gasteiger partial charge on any atom is 0.0649 e. The minimum absolute atomic E-state index is 0. The lowest BCUT2D eigenvalue weighted by atomic mass is 9.90. The van der Waals surface area contributed by atoms with Gasteiger partial charge in [0.2, 0.25) is 0 Å². The van der Waals surface area contributed by atoms with Crippen LogP contribution in [0.4, 0.5) is 0 Å². The fourth-order valence-corrected chi connectivity index (χ4v) is 2.37. The van der Waals surface area contributed by atoms with Gasteiger partial charge >= 0.3 is 0 Å². The van der Waals surface area contributed by atoms with Gasteiger partial charge in [0.25, 0.3) is 0 Å². The van der Waals surface area contributed by atoms with Crippen LogP contribution in [0.1, 0.15) is 32.6 Å². The second-order valence-electron chi connectivity index (χ2n) is 4.04. The van der Waals surface area contributed by atoms with Crippen LogP contribution >= 0.6 is 12.4 Å². The summed E-state index contributed by atoms with van der Waals surface area (Å²) in [4.78, 5) is 0. The summed E-state index contributed by atoms with van der Waals surface area (Å²) in [5.41, 5.74) is -0.378. The van der Waals surface area contributed by atoms with Crippen molar-refractivity contribution in [2.75, 3.05) is 0 Å². The Morgan fingerprint density at radius 3 is 2.18 bits per heavy atom. The molecule has 3 heteroatoms. The van der Waals surface area contributed by atoms with Gasteiger partial charge in [-0.25, -0.2) is 0 Å². The van der Waals surface area contributed by atoms with E-state index in [1.165, 1.54) is 12.8 Å². The third kappa shape index (κ3) is 1.86. The van der Waals surface area contributed by atoms with Crippen molar-refractivity contribution in [3.05, 3.63) is 0 Å². The first-order valence-electron chi connectivity index (χ1n) is 4.14. The summed E-state index contributed by atoms with van der Waals surface area (Å²) in [6.07, 6.45) is 4.43. The lowest BCUT2D eigenvalue weighted by Crippen LogP contribution is -2.46. The summed E-state index contributed by atoms with van der Waals surface area (Å²) in [5.74, 6) is 0. The van der Waals surface area contributed by atoms with Crippen LogP contribution in [-0.2, 0) is 0 Å². The Morgan fingerprint density at radius 2 is 1.73 bits per heavy atom. The number of piperidine rings is 1. The first-order chi connectivity index (χ1) is 4.66. The van der Waals surface area contributed by atoms with Crippen molar-refractivity contribution in [1.82, 2.24) is 5.32 Å². The third-order valence-electron chi connectivity index (χ3n) is 2.71. The zero-order chi connectivity index (χ0) is 7.19. The molecule has 2 aliphatic heterocycles. The predicted molar refractivity (Wildman–Crippen MR) is 47.1 cm³/mol. The molecule has 0 aliphatic carbocycles. The molecule has 2 aliphatic rings. The van der Waals surface area contributed by atoms with E-state index in [0.717, 1.165) is 12.8 Å². The van der Waals surface area contributed by atoms with Crippen molar-refractivity contribution in [3.8, 4) is 0 Å². The SMILES string of the molecule is CC1(O)CC2CCC(C1)N2.Cl. The van der Waals surface area contributed by atoms with E-state index >= 15 is 0 Å². The molecule has 2 unspecified atom stereocenters. The van der Waals surface area contributed by atoms with Gasteiger partial charge in [0.1, 0.15) is 0 Å². The number of fused-ring (bicyclic) bond motifs is 2. The molecule has 2 heterocycles. The van der Waals surface area contributed by atoms with Crippen LogP contribution in [-0.4, -0.2) is 22.8 Å². The number of rotatable bonds is 0. The summed E-state index contributed by atoms with van der Waals surface area (Å²) >= 11 is 0. The van der Waals surface area contributed by atoms with E-state index in [0.29, 0.717) is 12.1 Å². The van der Waals surface area contributed by atoms with Crippen molar-refractivity contribution in [1.29, 1.82) is 0 Å². The highest BCUT2D eigenvalue weighted by Gasteiger charge is 2.38. The van der Waals surface area contributed by atoms with Crippen LogP contribution < -0.4 is 5.32 Å². The van der Waals surface area contributed by atoms with E-state index in [9.17, 15) is 5.11 Å². The highest BCUT2D eigenvalue weighted by atomic mass is 35.5. The Bertz CT molecular complexity index is 135. The first-order valence-corrected chi connectivity index (χ1v) is 4.14. The normalized spacial score (nSPS) is 48.5. The average molecular weight is 178 g/mol. The summed E-state index contributed by atoms with van der Waals surface area (Å²) in [6, 6.07) is 1.21. The topological polar surface area (TPSA) is 32.3 Å². The smallest absolute Gasteiger partial charge is 0.0649 e. The van der Waals surface area contributed by atoms with E-state index < -0.39 is 0 Å². The number of aliphatic hydroxyl groups is 1. The molecule has 2 fully saturated rings. The van der Waals surface area contributed by atoms with Crippen LogP contribution in [0, 0.1) is 0 Å². The van der Waals surface area contributed by atoms with Crippen molar-refractivity contribution in [3.63, 3.8) is 0 Å². The number of hydrogen-bond acceptors (Lipinski definition) is 2. The maximum absolute atomic E-state index is 9.72. The van der Waals surface area contributed by atoms with Gasteiger partial charge < -0.3 is 10.4 Å². The average Bonchev–Trinajstić information content (AvgIpc) is 2.08. The van der Waals surface area contributed by atoms with Crippen LogP contribution in [0.2, 0.25) is 0 Å². The lowest BCUT2D eigenvalue weighted by molar-refractivity contribution is 0.0111. The van der Waals surface area contributed by atoms with Gasteiger partial charge in [-0.15, -0.1) is 12.4 Å². The number of nitrogens with one attached hydrogen (secondary N) is 1. The molecule has 0 aromatic heterocycles. The molecule has 2 N–H and O–H groups in total. The Hall–Kier alpha value is 0.210. The first kappa shape index (κ1) is 9.30. The zero-order valence-electron chi connectivity index (χ0n) is 6.84. The van der Waals surface area contributed by atoms with Crippen molar-refractivity contribution in [2.45, 2.75) is 50.3 Å². The summed E-state index contributed by atoms with van der Waals surface area (Å²) < 4.78 is 0. The number of halogens is 1. The van der Waals surface area contributed by atoms with Crippen LogP contribution in [0.5, 0.6) is 0 Å². The maximum atomic E-state index is 9.72. The van der Waals surface area contributed by atoms with E-state index in [1.54, 1.807) is 0 Å². The molecule has 0 radical (unpaired) electrons. The molecule has 0 aromatic rings. The van der Waals surface area contributed by atoms with E-state index in [4.69, 9.17) is 0 Å². The quantitative estimate of drug-likeness (QED) is 0.581. The molecule has 0 aromatic carbocycles. The second kappa shape index (κ2) is 2.92. The van der Waals surface area contributed by atoms with Crippen molar-refractivity contribution < 1.29 is 5.11 Å². The highest BCUT2D eigenvalue weighted by molar-refractivity contribution is 5.85. The van der Waals surface area contributed by atoms with Gasteiger partial charge in [0, 0.05) is 12.1 Å². The second-order valence-corrected chi connectivity index (χ2v) is 4.04. The van der Waals surface area contributed by atoms with Crippen molar-refractivity contribution >= 4 is 12.4 Å². The molecule has 0 spiro atoms. The Morgan fingerprint density at radius 1 is 1.27 bits per heavy atom. The molecule has 2 atom stereocenters. The molecule has 0 amide bonds. The summed E-state index contributed by atoms with van der Waals surface area (Å²) in [5, 5.41) is 13.2. The largest absolute Gasteiger partial charge is 0.390 e. The Labute approximate surface area is 73.8 Å². The fraction of sp³-hybridized carbons (Fsp3) is 1.00. The summed E-state index contributed by atoms with van der Waals surface area (Å²) in [7, 11) is 0. The van der Waals surface area contributed by atoms with Gasteiger partial charge in [0.15, 0.2) is 0 Å². The minimum Gasteiger partial charge on any atom is -0.390 e. The van der Waals surface area contributed by atoms with Crippen molar-refractivity contribution in [2.24, 2.45) is 0 Å². The summed E-state index contributed by atoms with van der Waals surface area (Å²) in [6.45, 7) is 1.96. The number of hydrogen-bond donors (Lipinski definition) is 2. The standard InChI is InChI=1S/C8H15NO.ClH/c1-8(10)4-6-2-3-7(5-8)9-6;/h6-7,9-10H,2-5H2,1H3;1H. The highest BCUT2D eigenvalue weighted by Crippen LogP contribution is 2.33. The molecule has 11 heavy (non-hydrogen) atoms. The predicted octanol–water partition coefficient (Wildman–Crippen LogP) is 1.07. The lowest BCUT2D eigenvalue weighted by Gasteiger charge is -2.33. The van der Waals surface area contributed by atoms with Crippen LogP contribution in [0.3, 0.4) is 0 Å². The van der Waals surface area contributed by atoms with Gasteiger partial charge in [-0.05, 0) is 32.6 Å². The molecule has 2 nitrogen and oxygen atoms in total. The van der Waals surface area contributed by atoms with E-state index in [-0.39, 0.29) is 18.0 Å². The Kier molecular flexibility index (Phi) is 2.47. The molecule has 0 saturated carbocycles. The Balaban J connectivity index is 0.000000605. The third-order valence-corrected chi connectivity index (χ3v) is 2.71. The van der Waals surface area contributed by atoms with E-state index in [2.05, 4.69) is 5.32 Å². The van der Waals surface area contributed by atoms with E-state index in [1.807, 2.05) is 6.92 Å². The van der Waals surface area contributed by atoms with Gasteiger partial charge in [-0.1, -0.05) is 0 Å². The molecule has 2 saturated heterocycles. The monoisotopic (exact) mass is 177 g/mol. The molecular formula is C8H16ClNO. The van der Waals surface area contributed by atoms with Gasteiger partial charge in [-0.2, -0.15) is 0 Å². The zero-order valence-corrected chi connectivity index (χ0v) is 7.66. The van der Waals surface area contributed by atoms with Gasteiger partial charge in [-0.3, -0.25) is 0 Å². The molecule has 66 valence electrons. The molecule has 2 bridgehead atoms. The van der Waals surface area contributed by atoms with Crippen LogP contribution in [0.15, 0.2) is 0 Å². The molecular weight excluding hydrogens is 162 g/mol.